The van der Waals surface area contributed by atoms with Crippen LogP contribution < -0.4 is 9.62 Å². The number of aromatic nitrogens is 1. The standard InChI is InChI=1S/C16H21N3O4S/c1-11-5-6-15(9-12(11)2)24(21,22)17-7-8-19(14(4)20)16-10-13(3)23-18-16/h5-6,9-10,17H,7-8H2,1-4H3. The average Bonchev–Trinajstić information content (AvgIpc) is 2.92. The summed E-state index contributed by atoms with van der Waals surface area (Å²) < 4.78 is 32.1. The van der Waals surface area contributed by atoms with Crippen LogP contribution in [0, 0.1) is 20.8 Å². The Kier molecular flexibility index (Phi) is 5.40. The van der Waals surface area contributed by atoms with E-state index in [1.54, 1.807) is 31.2 Å². The van der Waals surface area contributed by atoms with Gasteiger partial charge in [0, 0.05) is 26.1 Å². The molecule has 7 nitrogen and oxygen atoms in total. The number of hydrogen-bond donors (Lipinski definition) is 1. The molecule has 0 saturated carbocycles. The Bertz CT molecular complexity index is 843. The molecule has 0 saturated heterocycles. The van der Waals surface area contributed by atoms with Gasteiger partial charge in [-0.05, 0) is 44.0 Å². The Hall–Kier alpha value is -2.19. The number of rotatable bonds is 6. The number of nitrogens with zero attached hydrogens (tertiary/aromatic N) is 2. The van der Waals surface area contributed by atoms with E-state index in [2.05, 4.69) is 9.88 Å². The van der Waals surface area contributed by atoms with E-state index in [0.717, 1.165) is 11.1 Å². The number of carbonyl (C=O) groups excluding carboxylic acids is 1. The Morgan fingerprint density at radius 3 is 2.46 bits per heavy atom. The summed E-state index contributed by atoms with van der Waals surface area (Å²) >= 11 is 0. The molecule has 0 aliphatic heterocycles. The van der Waals surface area contributed by atoms with Crippen molar-refractivity contribution in [1.82, 2.24) is 9.88 Å². The van der Waals surface area contributed by atoms with Crippen LogP contribution >= 0.6 is 0 Å². The molecule has 0 radical (unpaired) electrons. The summed E-state index contributed by atoms with van der Waals surface area (Å²) in [4.78, 5) is 13.3. The van der Waals surface area contributed by atoms with E-state index >= 15 is 0 Å². The minimum absolute atomic E-state index is 0.0702. The molecular formula is C16H21N3O4S. The highest BCUT2D eigenvalue weighted by atomic mass is 32.2. The number of anilines is 1. The maximum atomic E-state index is 12.3. The Morgan fingerprint density at radius 2 is 1.92 bits per heavy atom. The molecule has 2 rings (SSSR count). The van der Waals surface area contributed by atoms with Crippen LogP contribution in [0.1, 0.15) is 23.8 Å². The van der Waals surface area contributed by atoms with Crippen molar-refractivity contribution < 1.29 is 17.7 Å². The van der Waals surface area contributed by atoms with Gasteiger partial charge in [-0.15, -0.1) is 0 Å². The number of carbonyl (C=O) groups is 1. The SMILES string of the molecule is CC(=O)N(CCNS(=O)(=O)c1ccc(C)c(C)c1)c1cc(C)on1. The first-order valence-corrected chi connectivity index (χ1v) is 8.97. The molecule has 1 aromatic carbocycles. The predicted octanol–water partition coefficient (Wildman–Crippen LogP) is 1.93. The minimum atomic E-state index is -3.63. The smallest absolute Gasteiger partial charge is 0.240 e. The third-order valence-electron chi connectivity index (χ3n) is 3.69. The quantitative estimate of drug-likeness (QED) is 0.858. The number of sulfonamides is 1. The van der Waals surface area contributed by atoms with Crippen LogP contribution in [0.4, 0.5) is 5.82 Å². The Labute approximate surface area is 141 Å². The van der Waals surface area contributed by atoms with E-state index in [1.807, 2.05) is 13.8 Å². The molecule has 1 aromatic heterocycles. The lowest BCUT2D eigenvalue weighted by Crippen LogP contribution is -2.37. The number of amides is 1. The molecular weight excluding hydrogens is 330 g/mol. The van der Waals surface area contributed by atoms with Crippen molar-refractivity contribution >= 4 is 21.7 Å². The van der Waals surface area contributed by atoms with Crippen molar-refractivity contribution in [2.24, 2.45) is 0 Å². The van der Waals surface area contributed by atoms with E-state index in [-0.39, 0.29) is 23.9 Å². The zero-order chi connectivity index (χ0) is 17.9. The fourth-order valence-corrected chi connectivity index (χ4v) is 3.28. The Morgan fingerprint density at radius 1 is 1.21 bits per heavy atom. The third kappa shape index (κ3) is 4.21. The molecule has 24 heavy (non-hydrogen) atoms. The minimum Gasteiger partial charge on any atom is -0.360 e. The van der Waals surface area contributed by atoms with Gasteiger partial charge in [-0.1, -0.05) is 11.2 Å². The fraction of sp³-hybridized carbons (Fsp3) is 0.375. The maximum Gasteiger partial charge on any atom is 0.240 e. The van der Waals surface area contributed by atoms with Gasteiger partial charge in [-0.3, -0.25) is 9.69 Å². The lowest BCUT2D eigenvalue weighted by molar-refractivity contribution is -0.116. The van der Waals surface area contributed by atoms with Gasteiger partial charge in [-0.25, -0.2) is 13.1 Å². The molecule has 1 heterocycles. The molecule has 0 unspecified atom stereocenters. The third-order valence-corrected chi connectivity index (χ3v) is 5.15. The van der Waals surface area contributed by atoms with Crippen LogP contribution in [0.25, 0.3) is 0 Å². The van der Waals surface area contributed by atoms with E-state index in [9.17, 15) is 13.2 Å². The van der Waals surface area contributed by atoms with Gasteiger partial charge < -0.3 is 4.52 Å². The zero-order valence-electron chi connectivity index (χ0n) is 14.2. The van der Waals surface area contributed by atoms with E-state index in [1.165, 1.54) is 11.8 Å². The van der Waals surface area contributed by atoms with Crippen LogP contribution in [0.5, 0.6) is 0 Å². The van der Waals surface area contributed by atoms with Gasteiger partial charge in [0.05, 0.1) is 4.90 Å². The first-order chi connectivity index (χ1) is 11.2. The van der Waals surface area contributed by atoms with Crippen LogP contribution in [0.2, 0.25) is 0 Å². The van der Waals surface area contributed by atoms with Crippen LogP contribution in [0.15, 0.2) is 33.7 Å². The second kappa shape index (κ2) is 7.14. The van der Waals surface area contributed by atoms with Gasteiger partial charge in [0.25, 0.3) is 0 Å². The summed E-state index contributed by atoms with van der Waals surface area (Å²) in [7, 11) is -3.63. The summed E-state index contributed by atoms with van der Waals surface area (Å²) in [5.74, 6) is 0.700. The number of nitrogens with one attached hydrogen (secondary N) is 1. The van der Waals surface area contributed by atoms with Crippen molar-refractivity contribution in [3.63, 3.8) is 0 Å². The van der Waals surface area contributed by atoms with Crippen molar-refractivity contribution in [2.75, 3.05) is 18.0 Å². The normalized spacial score (nSPS) is 11.5. The molecule has 0 spiro atoms. The molecule has 130 valence electrons. The topological polar surface area (TPSA) is 92.5 Å². The molecule has 0 aliphatic rings. The fourth-order valence-electron chi connectivity index (χ4n) is 2.17. The number of hydrogen-bond acceptors (Lipinski definition) is 5. The van der Waals surface area contributed by atoms with Crippen molar-refractivity contribution in [1.29, 1.82) is 0 Å². The monoisotopic (exact) mass is 351 g/mol. The average molecular weight is 351 g/mol. The number of aryl methyl sites for hydroxylation is 3. The highest BCUT2D eigenvalue weighted by Crippen LogP contribution is 2.15. The molecule has 0 fully saturated rings. The largest absolute Gasteiger partial charge is 0.360 e. The van der Waals surface area contributed by atoms with Crippen LogP contribution in [0.3, 0.4) is 0 Å². The van der Waals surface area contributed by atoms with Gasteiger partial charge >= 0.3 is 0 Å². The summed E-state index contributed by atoms with van der Waals surface area (Å²) in [5, 5.41) is 3.78. The van der Waals surface area contributed by atoms with Crippen LogP contribution in [-0.4, -0.2) is 32.6 Å². The number of benzene rings is 1. The molecule has 0 atom stereocenters. The van der Waals surface area contributed by atoms with Crippen LogP contribution in [-0.2, 0) is 14.8 Å². The molecule has 0 aliphatic carbocycles. The molecule has 8 heteroatoms. The van der Waals surface area contributed by atoms with E-state index < -0.39 is 10.0 Å². The zero-order valence-corrected chi connectivity index (χ0v) is 15.0. The maximum absolute atomic E-state index is 12.3. The molecule has 2 aromatic rings. The first kappa shape index (κ1) is 18.2. The summed E-state index contributed by atoms with van der Waals surface area (Å²) in [5.41, 5.74) is 1.93. The highest BCUT2D eigenvalue weighted by Gasteiger charge is 2.18. The first-order valence-electron chi connectivity index (χ1n) is 7.49. The molecule has 1 N–H and O–H groups in total. The lowest BCUT2D eigenvalue weighted by atomic mass is 10.1. The predicted molar refractivity (Wildman–Crippen MR) is 90.4 cm³/mol. The van der Waals surface area contributed by atoms with Gasteiger partial charge in [0.2, 0.25) is 15.9 Å². The molecule has 1 amide bonds. The van der Waals surface area contributed by atoms with Gasteiger partial charge in [-0.2, -0.15) is 0 Å². The van der Waals surface area contributed by atoms with Crippen molar-refractivity contribution in [3.8, 4) is 0 Å². The second-order valence-electron chi connectivity index (χ2n) is 5.61. The Balaban J connectivity index is 2.05. The van der Waals surface area contributed by atoms with Gasteiger partial charge in [0.1, 0.15) is 5.76 Å². The second-order valence-corrected chi connectivity index (χ2v) is 7.38. The van der Waals surface area contributed by atoms with E-state index in [4.69, 9.17) is 4.52 Å². The summed E-state index contributed by atoms with van der Waals surface area (Å²) in [6, 6.07) is 6.58. The van der Waals surface area contributed by atoms with Crippen molar-refractivity contribution in [3.05, 3.63) is 41.2 Å². The summed E-state index contributed by atoms with van der Waals surface area (Å²) in [6.07, 6.45) is 0. The van der Waals surface area contributed by atoms with Gasteiger partial charge in [0.15, 0.2) is 5.82 Å². The lowest BCUT2D eigenvalue weighted by Gasteiger charge is -2.18. The summed E-state index contributed by atoms with van der Waals surface area (Å²) in [6.45, 7) is 7.12. The van der Waals surface area contributed by atoms with E-state index in [0.29, 0.717) is 11.6 Å². The highest BCUT2D eigenvalue weighted by molar-refractivity contribution is 7.89. The molecule has 0 bridgehead atoms. The van der Waals surface area contributed by atoms with Crippen molar-refractivity contribution in [2.45, 2.75) is 32.6 Å².